The first-order valence-corrected chi connectivity index (χ1v) is 9.11. The molecule has 0 saturated carbocycles. The van der Waals surface area contributed by atoms with Crippen LogP contribution in [0.1, 0.15) is 11.3 Å². The molecule has 0 aliphatic carbocycles. The lowest BCUT2D eigenvalue weighted by atomic mass is 10.1. The van der Waals surface area contributed by atoms with Crippen LogP contribution in [0.15, 0.2) is 67.0 Å². The van der Waals surface area contributed by atoms with Crippen molar-refractivity contribution in [2.75, 3.05) is 22.5 Å². The van der Waals surface area contributed by atoms with Crippen molar-refractivity contribution in [3.63, 3.8) is 0 Å². The number of pyridine rings is 1. The molecule has 0 saturated heterocycles. The minimum Gasteiger partial charge on any atom is -0.382 e. The quantitative estimate of drug-likeness (QED) is 0.544. The number of fused-ring (bicyclic) bond motifs is 1. The highest BCUT2D eigenvalue weighted by Crippen LogP contribution is 2.32. The Morgan fingerprint density at radius 2 is 1.97 bits per heavy atom. The van der Waals surface area contributed by atoms with Crippen LogP contribution in [0.2, 0.25) is 0 Å². The van der Waals surface area contributed by atoms with Gasteiger partial charge >= 0.3 is 0 Å². The van der Waals surface area contributed by atoms with E-state index in [1.54, 1.807) is 18.3 Å². The first-order valence-electron chi connectivity index (χ1n) is 9.11. The number of carbonyl (C=O) groups is 1. The zero-order valence-electron chi connectivity index (χ0n) is 15.4. The fourth-order valence-corrected chi connectivity index (χ4v) is 3.09. The summed E-state index contributed by atoms with van der Waals surface area (Å²) in [4.78, 5) is 16.3. The van der Waals surface area contributed by atoms with E-state index >= 15 is 0 Å². The Labute approximate surface area is 166 Å². The standard InChI is InChI=1S/C22H18F2N4O/c23-14-4-6-17-18(22(29)28-21(17)11-14)13-27-16-5-7-20(19(24)12-16)26-10-8-15-3-1-2-9-25-15/h1-7,9,11-13,26-27H,8,10H2,(H,28,29)/b18-13+. The summed E-state index contributed by atoms with van der Waals surface area (Å²) in [6, 6.07) is 14.5. The number of anilines is 3. The normalized spacial score (nSPS) is 13.9. The van der Waals surface area contributed by atoms with Crippen LogP contribution in [0, 0.1) is 11.6 Å². The van der Waals surface area contributed by atoms with E-state index in [0.29, 0.717) is 41.2 Å². The number of halogens is 2. The third-order valence-electron chi connectivity index (χ3n) is 4.54. The van der Waals surface area contributed by atoms with Crippen LogP contribution in [0.4, 0.5) is 25.8 Å². The Kier molecular flexibility index (Phi) is 5.20. The van der Waals surface area contributed by atoms with E-state index in [1.807, 2.05) is 18.2 Å². The third-order valence-corrected chi connectivity index (χ3v) is 4.54. The molecule has 0 radical (unpaired) electrons. The Morgan fingerprint density at radius 3 is 2.76 bits per heavy atom. The van der Waals surface area contributed by atoms with Crippen molar-refractivity contribution in [3.8, 4) is 0 Å². The molecule has 1 aromatic heterocycles. The number of hydrogen-bond acceptors (Lipinski definition) is 4. The highest BCUT2D eigenvalue weighted by Gasteiger charge is 2.24. The lowest BCUT2D eigenvalue weighted by molar-refractivity contribution is -0.110. The number of rotatable bonds is 6. The molecule has 1 aliphatic rings. The van der Waals surface area contributed by atoms with Gasteiger partial charge in [0.05, 0.1) is 16.9 Å². The van der Waals surface area contributed by atoms with Gasteiger partial charge in [-0.3, -0.25) is 9.78 Å². The van der Waals surface area contributed by atoms with Crippen LogP contribution >= 0.6 is 0 Å². The monoisotopic (exact) mass is 392 g/mol. The summed E-state index contributed by atoms with van der Waals surface area (Å²) in [7, 11) is 0. The van der Waals surface area contributed by atoms with Gasteiger partial charge in [0.2, 0.25) is 0 Å². The topological polar surface area (TPSA) is 66.1 Å². The molecule has 1 aliphatic heterocycles. The maximum absolute atomic E-state index is 14.4. The summed E-state index contributed by atoms with van der Waals surface area (Å²) in [5, 5.41) is 8.59. The Balaban J connectivity index is 1.41. The SMILES string of the molecule is O=C1Nc2cc(F)ccc2/C1=C\Nc1ccc(NCCc2ccccn2)c(F)c1. The van der Waals surface area contributed by atoms with Crippen molar-refractivity contribution in [3.05, 3.63) is 89.9 Å². The van der Waals surface area contributed by atoms with Gasteiger partial charge in [-0.2, -0.15) is 0 Å². The van der Waals surface area contributed by atoms with Crippen LogP contribution < -0.4 is 16.0 Å². The largest absolute Gasteiger partial charge is 0.382 e. The molecule has 29 heavy (non-hydrogen) atoms. The molecule has 2 heterocycles. The average Bonchev–Trinajstić information content (AvgIpc) is 3.02. The first-order chi connectivity index (χ1) is 14.1. The highest BCUT2D eigenvalue weighted by atomic mass is 19.1. The number of nitrogens with zero attached hydrogens (tertiary/aromatic N) is 1. The minimum atomic E-state index is -0.425. The molecule has 146 valence electrons. The van der Waals surface area contributed by atoms with Gasteiger partial charge in [-0.25, -0.2) is 8.78 Å². The van der Waals surface area contributed by atoms with Gasteiger partial charge in [-0.15, -0.1) is 0 Å². The molecule has 0 unspecified atom stereocenters. The minimum absolute atomic E-state index is 0.341. The second-order valence-corrected chi connectivity index (χ2v) is 6.54. The van der Waals surface area contributed by atoms with E-state index in [2.05, 4.69) is 20.9 Å². The summed E-state index contributed by atoms with van der Waals surface area (Å²) in [6.07, 6.45) is 3.90. The lowest BCUT2D eigenvalue weighted by Gasteiger charge is -2.09. The molecule has 7 heteroatoms. The molecule has 0 bridgehead atoms. The third kappa shape index (κ3) is 4.24. The Bertz CT molecular complexity index is 1080. The molecular weight excluding hydrogens is 374 g/mol. The van der Waals surface area contributed by atoms with Crippen molar-refractivity contribution in [1.82, 2.24) is 4.98 Å². The summed E-state index contributed by atoms with van der Waals surface area (Å²) in [5.41, 5.74) is 3.18. The summed E-state index contributed by atoms with van der Waals surface area (Å²) >= 11 is 0. The highest BCUT2D eigenvalue weighted by molar-refractivity contribution is 6.31. The maximum Gasteiger partial charge on any atom is 0.257 e. The van der Waals surface area contributed by atoms with Crippen LogP contribution in [0.25, 0.3) is 5.57 Å². The van der Waals surface area contributed by atoms with Gasteiger partial charge in [0.1, 0.15) is 11.6 Å². The van der Waals surface area contributed by atoms with Gasteiger partial charge < -0.3 is 16.0 Å². The van der Waals surface area contributed by atoms with Gasteiger partial charge in [0.25, 0.3) is 5.91 Å². The number of carbonyl (C=O) groups excluding carboxylic acids is 1. The van der Waals surface area contributed by atoms with Crippen LogP contribution in [0.5, 0.6) is 0 Å². The van der Waals surface area contributed by atoms with E-state index in [1.165, 1.54) is 30.5 Å². The summed E-state index contributed by atoms with van der Waals surface area (Å²) in [5.74, 6) is -1.18. The zero-order chi connectivity index (χ0) is 20.2. The number of amides is 1. The molecule has 5 nitrogen and oxygen atoms in total. The van der Waals surface area contributed by atoms with Gasteiger partial charge in [-0.05, 0) is 48.5 Å². The maximum atomic E-state index is 14.4. The Hall–Kier alpha value is -3.74. The predicted molar refractivity (Wildman–Crippen MR) is 109 cm³/mol. The van der Waals surface area contributed by atoms with E-state index in [4.69, 9.17) is 0 Å². The number of nitrogens with one attached hydrogen (secondary N) is 3. The van der Waals surface area contributed by atoms with Crippen molar-refractivity contribution in [2.45, 2.75) is 6.42 Å². The van der Waals surface area contributed by atoms with Crippen LogP contribution in [-0.2, 0) is 11.2 Å². The van der Waals surface area contributed by atoms with Crippen molar-refractivity contribution in [2.24, 2.45) is 0 Å². The number of benzene rings is 2. The second-order valence-electron chi connectivity index (χ2n) is 6.54. The molecule has 3 N–H and O–H groups in total. The van der Waals surface area contributed by atoms with Crippen molar-refractivity contribution in [1.29, 1.82) is 0 Å². The fourth-order valence-electron chi connectivity index (χ4n) is 3.09. The zero-order valence-corrected chi connectivity index (χ0v) is 15.4. The molecule has 0 spiro atoms. The average molecular weight is 392 g/mol. The Morgan fingerprint density at radius 1 is 1.07 bits per heavy atom. The predicted octanol–water partition coefficient (Wildman–Crippen LogP) is 4.42. The van der Waals surface area contributed by atoms with E-state index in [9.17, 15) is 13.6 Å². The smallest absolute Gasteiger partial charge is 0.257 e. The number of hydrogen-bond donors (Lipinski definition) is 3. The molecule has 4 rings (SSSR count). The molecule has 0 fully saturated rings. The number of aromatic nitrogens is 1. The van der Waals surface area contributed by atoms with Gasteiger partial charge in [-0.1, -0.05) is 6.07 Å². The van der Waals surface area contributed by atoms with Crippen molar-refractivity contribution < 1.29 is 13.6 Å². The van der Waals surface area contributed by atoms with Gasteiger partial charge in [0, 0.05) is 42.3 Å². The van der Waals surface area contributed by atoms with Gasteiger partial charge in [0.15, 0.2) is 0 Å². The molecule has 2 aromatic carbocycles. The first kappa shape index (κ1) is 18.6. The second kappa shape index (κ2) is 8.10. The van der Waals surface area contributed by atoms with Crippen molar-refractivity contribution >= 4 is 28.5 Å². The van der Waals surface area contributed by atoms with E-state index in [0.717, 1.165) is 5.69 Å². The molecule has 0 atom stereocenters. The summed E-state index contributed by atoms with van der Waals surface area (Å²) in [6.45, 7) is 0.554. The lowest BCUT2D eigenvalue weighted by Crippen LogP contribution is -2.07. The van der Waals surface area contributed by atoms with E-state index in [-0.39, 0.29) is 5.91 Å². The summed E-state index contributed by atoms with van der Waals surface area (Å²) < 4.78 is 27.7. The fraction of sp³-hybridized carbons (Fsp3) is 0.0909. The molecular formula is C22H18F2N4O. The van der Waals surface area contributed by atoms with E-state index < -0.39 is 11.6 Å². The van der Waals surface area contributed by atoms with Crippen LogP contribution in [0.3, 0.4) is 0 Å². The van der Waals surface area contributed by atoms with Crippen LogP contribution in [-0.4, -0.2) is 17.4 Å². The molecule has 1 amide bonds. The molecule has 3 aromatic rings.